The molecule has 0 atom stereocenters. The molecule has 19 heavy (non-hydrogen) atoms. The third-order valence-corrected chi connectivity index (χ3v) is 3.51. The average molecular weight is 271 g/mol. The topological polar surface area (TPSA) is 49.8 Å². The highest BCUT2D eigenvalue weighted by Crippen LogP contribution is 2.24. The number of likely N-dealkylation sites (tertiary alicyclic amines) is 1. The third-order valence-electron chi connectivity index (χ3n) is 3.51. The van der Waals surface area contributed by atoms with Crippen LogP contribution in [0.25, 0.3) is 0 Å². The largest absolute Gasteiger partial charge is 0.444 e. The van der Waals surface area contributed by atoms with Gasteiger partial charge in [-0.25, -0.2) is 4.79 Å². The summed E-state index contributed by atoms with van der Waals surface area (Å²) in [6, 6.07) is 0. The smallest absolute Gasteiger partial charge is 0.410 e. The monoisotopic (exact) mass is 271 g/mol. The van der Waals surface area contributed by atoms with Gasteiger partial charge in [0.1, 0.15) is 5.60 Å². The molecule has 2 fully saturated rings. The highest BCUT2D eigenvalue weighted by Gasteiger charge is 2.25. The molecule has 1 heterocycles. The number of hydrogen-bond acceptors (Lipinski definition) is 3. The Morgan fingerprint density at radius 2 is 1.63 bits per heavy atom. The highest BCUT2D eigenvalue weighted by molar-refractivity contribution is 5.68. The van der Waals surface area contributed by atoms with Crippen LogP contribution >= 0.6 is 0 Å². The number of amides is 1. The molecular weight excluding hydrogens is 242 g/mol. The van der Waals surface area contributed by atoms with E-state index in [4.69, 9.17) is 4.74 Å². The van der Waals surface area contributed by atoms with Crippen LogP contribution in [0.1, 0.15) is 59.8 Å². The van der Waals surface area contributed by atoms with Crippen LogP contribution in [0.4, 0.5) is 4.79 Å². The summed E-state index contributed by atoms with van der Waals surface area (Å²) in [5.74, 6) is 1.06. The number of hydrogen-bond donors (Lipinski definition) is 1. The SMILES string of the molecule is CC(C)(C)OC(=O)N1CCC(O)CC1.CC1CCC1. The fourth-order valence-corrected chi connectivity index (χ4v) is 1.99. The lowest BCUT2D eigenvalue weighted by Crippen LogP contribution is -2.42. The average Bonchev–Trinajstić information content (AvgIpc) is 2.25. The lowest BCUT2D eigenvalue weighted by molar-refractivity contribution is 0.0101. The van der Waals surface area contributed by atoms with Crippen LogP contribution in [0.5, 0.6) is 0 Å². The summed E-state index contributed by atoms with van der Waals surface area (Å²) in [4.78, 5) is 13.2. The molecule has 1 aliphatic heterocycles. The Kier molecular flexibility index (Phi) is 6.11. The van der Waals surface area contributed by atoms with Gasteiger partial charge in [-0.2, -0.15) is 0 Å². The maximum absolute atomic E-state index is 11.5. The van der Waals surface area contributed by atoms with E-state index in [1.807, 2.05) is 20.8 Å². The Labute approximate surface area is 117 Å². The fraction of sp³-hybridized carbons (Fsp3) is 0.933. The minimum Gasteiger partial charge on any atom is -0.444 e. The van der Waals surface area contributed by atoms with Crippen molar-refractivity contribution in [1.29, 1.82) is 0 Å². The van der Waals surface area contributed by atoms with Gasteiger partial charge in [0.05, 0.1) is 6.10 Å². The predicted octanol–water partition coefficient (Wildman–Crippen LogP) is 3.18. The molecule has 2 rings (SSSR count). The van der Waals surface area contributed by atoms with E-state index >= 15 is 0 Å². The summed E-state index contributed by atoms with van der Waals surface area (Å²) in [5, 5.41) is 9.26. The molecule has 1 amide bonds. The van der Waals surface area contributed by atoms with Gasteiger partial charge in [0.2, 0.25) is 0 Å². The van der Waals surface area contributed by atoms with E-state index in [2.05, 4.69) is 6.92 Å². The lowest BCUT2D eigenvalue weighted by atomic mass is 9.88. The zero-order valence-electron chi connectivity index (χ0n) is 12.8. The van der Waals surface area contributed by atoms with Crippen molar-refractivity contribution in [3.63, 3.8) is 0 Å². The van der Waals surface area contributed by atoms with E-state index in [9.17, 15) is 9.90 Å². The quantitative estimate of drug-likeness (QED) is 0.736. The van der Waals surface area contributed by atoms with Gasteiger partial charge in [-0.15, -0.1) is 0 Å². The minimum atomic E-state index is -0.437. The number of aliphatic hydroxyl groups excluding tert-OH is 1. The molecule has 0 aromatic rings. The molecule has 0 unspecified atom stereocenters. The van der Waals surface area contributed by atoms with Crippen LogP contribution in [0.15, 0.2) is 0 Å². The molecule has 4 nitrogen and oxygen atoms in total. The van der Waals surface area contributed by atoms with E-state index in [0.29, 0.717) is 25.9 Å². The van der Waals surface area contributed by atoms with Crippen molar-refractivity contribution in [3.05, 3.63) is 0 Å². The maximum atomic E-state index is 11.5. The molecule has 0 spiro atoms. The van der Waals surface area contributed by atoms with Crippen molar-refractivity contribution >= 4 is 6.09 Å². The summed E-state index contributed by atoms with van der Waals surface area (Å²) in [5.41, 5.74) is -0.437. The predicted molar refractivity (Wildman–Crippen MR) is 76.1 cm³/mol. The summed E-state index contributed by atoms with van der Waals surface area (Å²) in [6.45, 7) is 9.05. The van der Waals surface area contributed by atoms with Gasteiger partial charge in [0.25, 0.3) is 0 Å². The first-order valence-electron chi connectivity index (χ1n) is 7.44. The van der Waals surface area contributed by atoms with Crippen LogP contribution in [-0.4, -0.2) is 40.9 Å². The highest BCUT2D eigenvalue weighted by atomic mass is 16.6. The van der Waals surface area contributed by atoms with Gasteiger partial charge in [-0.3, -0.25) is 0 Å². The van der Waals surface area contributed by atoms with E-state index in [-0.39, 0.29) is 12.2 Å². The molecule has 1 N–H and O–H groups in total. The number of ether oxygens (including phenoxy) is 1. The van der Waals surface area contributed by atoms with Crippen LogP contribution in [0.3, 0.4) is 0 Å². The fourth-order valence-electron chi connectivity index (χ4n) is 1.99. The number of carbonyl (C=O) groups is 1. The molecular formula is C15H29NO3. The third kappa shape index (κ3) is 6.81. The molecule has 1 saturated carbocycles. The van der Waals surface area contributed by atoms with Crippen molar-refractivity contribution < 1.29 is 14.6 Å². The van der Waals surface area contributed by atoms with Gasteiger partial charge < -0.3 is 14.7 Å². The first kappa shape index (κ1) is 16.3. The standard InChI is InChI=1S/C10H19NO3.C5H10/c1-10(2,3)14-9(13)11-6-4-8(12)5-7-11;1-5-3-2-4-5/h8,12H,4-7H2,1-3H3;5H,2-4H2,1H3. The number of carbonyl (C=O) groups excluding carboxylic acids is 1. The van der Waals surface area contributed by atoms with Crippen molar-refractivity contribution in [2.45, 2.75) is 71.5 Å². The maximum Gasteiger partial charge on any atom is 0.410 e. The Morgan fingerprint density at radius 1 is 1.16 bits per heavy atom. The van der Waals surface area contributed by atoms with Crippen molar-refractivity contribution in [2.75, 3.05) is 13.1 Å². The van der Waals surface area contributed by atoms with Crippen molar-refractivity contribution in [3.8, 4) is 0 Å². The summed E-state index contributed by atoms with van der Waals surface area (Å²) < 4.78 is 5.22. The van der Waals surface area contributed by atoms with Crippen molar-refractivity contribution in [2.24, 2.45) is 5.92 Å². The molecule has 1 aliphatic carbocycles. The Bertz CT molecular complexity index is 274. The minimum absolute atomic E-state index is 0.256. The second kappa shape index (κ2) is 7.13. The second-order valence-electron chi connectivity index (χ2n) is 6.73. The molecule has 112 valence electrons. The molecule has 0 aromatic carbocycles. The van der Waals surface area contributed by atoms with Gasteiger partial charge in [-0.1, -0.05) is 26.2 Å². The molecule has 1 saturated heterocycles. The summed E-state index contributed by atoms with van der Waals surface area (Å²) >= 11 is 0. The van der Waals surface area contributed by atoms with Gasteiger partial charge in [0, 0.05) is 13.1 Å². The number of piperidine rings is 1. The zero-order chi connectivity index (χ0) is 14.5. The molecule has 0 radical (unpaired) electrons. The summed E-state index contributed by atoms with van der Waals surface area (Å²) in [7, 11) is 0. The number of nitrogens with zero attached hydrogens (tertiary/aromatic N) is 1. The van der Waals surface area contributed by atoms with Crippen LogP contribution in [0, 0.1) is 5.92 Å². The normalized spacial score (nSPS) is 21.2. The first-order chi connectivity index (χ1) is 8.78. The molecule has 2 aliphatic rings. The molecule has 0 bridgehead atoms. The lowest BCUT2D eigenvalue weighted by Gasteiger charge is -2.31. The van der Waals surface area contributed by atoms with Crippen LogP contribution in [-0.2, 0) is 4.74 Å². The van der Waals surface area contributed by atoms with E-state index in [1.54, 1.807) is 4.90 Å². The number of rotatable bonds is 0. The van der Waals surface area contributed by atoms with E-state index < -0.39 is 5.60 Å². The van der Waals surface area contributed by atoms with Gasteiger partial charge in [-0.05, 0) is 39.5 Å². The molecule has 0 aromatic heterocycles. The van der Waals surface area contributed by atoms with Gasteiger partial charge >= 0.3 is 6.09 Å². The van der Waals surface area contributed by atoms with Gasteiger partial charge in [0.15, 0.2) is 0 Å². The second-order valence-corrected chi connectivity index (χ2v) is 6.73. The summed E-state index contributed by atoms with van der Waals surface area (Å²) in [6.07, 6.45) is 5.23. The number of aliphatic hydroxyl groups is 1. The van der Waals surface area contributed by atoms with E-state index in [1.165, 1.54) is 19.3 Å². The zero-order valence-corrected chi connectivity index (χ0v) is 12.8. The van der Waals surface area contributed by atoms with Crippen LogP contribution < -0.4 is 0 Å². The Hall–Kier alpha value is -0.770. The molecule has 4 heteroatoms. The van der Waals surface area contributed by atoms with Crippen molar-refractivity contribution in [1.82, 2.24) is 4.90 Å². The first-order valence-corrected chi connectivity index (χ1v) is 7.44. The Morgan fingerprint density at radius 3 is 1.95 bits per heavy atom. The Balaban J connectivity index is 0.000000300. The van der Waals surface area contributed by atoms with Crippen LogP contribution in [0.2, 0.25) is 0 Å². The van der Waals surface area contributed by atoms with E-state index in [0.717, 1.165) is 5.92 Å².